The fourth-order valence-corrected chi connectivity index (χ4v) is 5.70. The summed E-state index contributed by atoms with van der Waals surface area (Å²) in [5.74, 6) is 1.47. The molecule has 3 aromatic carbocycles. The first kappa shape index (κ1) is 32.2. The summed E-state index contributed by atoms with van der Waals surface area (Å²) >= 11 is 0. The highest BCUT2D eigenvalue weighted by Gasteiger charge is 2.42. The molecule has 1 heterocycles. The normalized spacial score (nSPS) is 17.9. The van der Waals surface area contributed by atoms with E-state index >= 15 is 0 Å². The number of benzene rings is 3. The summed E-state index contributed by atoms with van der Waals surface area (Å²) in [6.45, 7) is 13.4. The molecule has 0 aromatic heterocycles. The predicted octanol–water partition coefficient (Wildman–Crippen LogP) is 7.06. The molecule has 1 aliphatic rings. The number of nitrogens with one attached hydrogen (secondary N) is 1. The molecule has 1 aliphatic heterocycles. The Bertz CT molecular complexity index is 1450. The molecule has 0 saturated carbocycles. The topological polar surface area (TPSA) is 95.7 Å². The van der Waals surface area contributed by atoms with E-state index in [-0.39, 0.29) is 19.2 Å². The maximum absolute atomic E-state index is 11.1. The fourth-order valence-electron chi connectivity index (χ4n) is 5.70. The summed E-state index contributed by atoms with van der Waals surface area (Å²) < 4.78 is 12.1. The number of rotatable bonds is 14. The second kappa shape index (κ2) is 14.7. The zero-order valence-electron chi connectivity index (χ0n) is 26.5. The highest BCUT2D eigenvalue weighted by Crippen LogP contribution is 2.41. The molecular formula is C36H47N3O4. The number of aliphatic hydroxyl groups excluding tert-OH is 2. The zero-order valence-corrected chi connectivity index (χ0v) is 26.5. The van der Waals surface area contributed by atoms with Gasteiger partial charge in [-0.1, -0.05) is 98.8 Å². The van der Waals surface area contributed by atoms with Crippen LogP contribution in [0.1, 0.15) is 78.5 Å². The first-order chi connectivity index (χ1) is 20.7. The highest BCUT2D eigenvalue weighted by atomic mass is 16.5. The van der Waals surface area contributed by atoms with Gasteiger partial charge in [-0.25, -0.2) is 4.99 Å². The summed E-state index contributed by atoms with van der Waals surface area (Å²) in [4.78, 5) is 9.66. The van der Waals surface area contributed by atoms with Crippen LogP contribution in [0, 0.1) is 33.6 Å². The van der Waals surface area contributed by atoms with Crippen LogP contribution < -0.4 is 10.1 Å². The second-order valence-corrected chi connectivity index (χ2v) is 11.8. The summed E-state index contributed by atoms with van der Waals surface area (Å²) in [6.07, 6.45) is 3.77. The molecule has 0 bridgehead atoms. The van der Waals surface area contributed by atoms with Crippen molar-refractivity contribution in [3.05, 3.63) is 99.6 Å². The van der Waals surface area contributed by atoms with Crippen molar-refractivity contribution in [2.45, 2.75) is 79.0 Å². The first-order valence-corrected chi connectivity index (χ1v) is 15.5. The number of nitrogens with zero attached hydrogens (tertiary/aromatic N) is 2. The Morgan fingerprint density at radius 1 is 0.860 bits per heavy atom. The number of hydrogen-bond donors (Lipinski definition) is 3. The van der Waals surface area contributed by atoms with Gasteiger partial charge in [-0.3, -0.25) is 0 Å². The van der Waals surface area contributed by atoms with Crippen LogP contribution in [0.5, 0.6) is 5.75 Å². The molecule has 7 heteroatoms. The van der Waals surface area contributed by atoms with E-state index in [2.05, 4.69) is 36.3 Å². The van der Waals surface area contributed by atoms with Gasteiger partial charge in [-0.15, -0.1) is 0 Å². The Morgan fingerprint density at radius 3 is 2.28 bits per heavy atom. The number of unbranched alkanes of at least 4 members (excludes halogenated alkanes) is 1. The summed E-state index contributed by atoms with van der Waals surface area (Å²) in [6, 6.07) is 19.6. The lowest BCUT2D eigenvalue weighted by Gasteiger charge is -2.37. The Morgan fingerprint density at radius 2 is 1.58 bits per heavy atom. The van der Waals surface area contributed by atoms with Crippen LogP contribution in [0.4, 0.5) is 0 Å². The van der Waals surface area contributed by atoms with Crippen LogP contribution in [-0.2, 0) is 10.4 Å². The van der Waals surface area contributed by atoms with Gasteiger partial charge in [0.2, 0.25) is 0 Å². The lowest BCUT2D eigenvalue weighted by atomic mass is 9.86. The van der Waals surface area contributed by atoms with E-state index in [9.17, 15) is 10.2 Å². The smallest absolute Gasteiger partial charge is 0.291 e. The van der Waals surface area contributed by atoms with Crippen molar-refractivity contribution in [2.24, 2.45) is 15.9 Å². The molecule has 3 unspecified atom stereocenters. The summed E-state index contributed by atoms with van der Waals surface area (Å²) in [5, 5.41) is 25.0. The van der Waals surface area contributed by atoms with Gasteiger partial charge in [0.05, 0.1) is 6.61 Å². The van der Waals surface area contributed by atoms with E-state index in [1.54, 1.807) is 0 Å². The van der Waals surface area contributed by atoms with Gasteiger partial charge in [0.1, 0.15) is 18.5 Å². The molecule has 0 saturated heterocycles. The lowest BCUT2D eigenvalue weighted by Crippen LogP contribution is -2.49. The SMILES string of the molecule is CCCCC(CC)COCC(O)COc1ccccc1C1(c2ccc(C)cc2C)N=C(c2ccc(C)cc2C)N=C(O)N1. The van der Waals surface area contributed by atoms with Crippen molar-refractivity contribution < 1.29 is 19.7 Å². The third-order valence-electron chi connectivity index (χ3n) is 8.09. The molecule has 4 rings (SSSR count). The molecule has 3 atom stereocenters. The molecule has 3 aromatic rings. The van der Waals surface area contributed by atoms with Crippen LogP contribution in [-0.4, -0.2) is 48.0 Å². The fraction of sp³-hybridized carbons (Fsp3) is 0.444. The maximum atomic E-state index is 11.1. The minimum absolute atomic E-state index is 0.0550. The van der Waals surface area contributed by atoms with Crippen LogP contribution in [0.25, 0.3) is 0 Å². The van der Waals surface area contributed by atoms with Gasteiger partial charge < -0.3 is 25.0 Å². The van der Waals surface area contributed by atoms with Crippen LogP contribution in [0.2, 0.25) is 0 Å². The van der Waals surface area contributed by atoms with E-state index < -0.39 is 11.8 Å². The average Bonchev–Trinajstić information content (AvgIpc) is 2.97. The number of amidine groups is 2. The Kier molecular flexibility index (Phi) is 11.0. The van der Waals surface area contributed by atoms with Gasteiger partial charge >= 0.3 is 0 Å². The molecule has 230 valence electrons. The Balaban J connectivity index is 1.68. The summed E-state index contributed by atoms with van der Waals surface area (Å²) in [7, 11) is 0. The molecule has 43 heavy (non-hydrogen) atoms. The average molecular weight is 586 g/mol. The van der Waals surface area contributed by atoms with Gasteiger partial charge in [0.25, 0.3) is 6.02 Å². The first-order valence-electron chi connectivity index (χ1n) is 15.5. The van der Waals surface area contributed by atoms with Crippen molar-refractivity contribution in [2.75, 3.05) is 19.8 Å². The van der Waals surface area contributed by atoms with Gasteiger partial charge in [0.15, 0.2) is 11.5 Å². The molecule has 3 N–H and O–H groups in total. The maximum Gasteiger partial charge on any atom is 0.291 e. The van der Waals surface area contributed by atoms with E-state index in [4.69, 9.17) is 14.5 Å². The van der Waals surface area contributed by atoms with Crippen molar-refractivity contribution >= 4 is 11.9 Å². The number of para-hydroxylation sites is 1. The van der Waals surface area contributed by atoms with E-state index in [1.807, 2.05) is 76.2 Å². The number of aryl methyl sites for hydroxylation is 4. The minimum atomic E-state index is -1.23. The Hall–Kier alpha value is -3.68. The molecule has 7 nitrogen and oxygen atoms in total. The quantitative estimate of drug-likeness (QED) is 0.188. The van der Waals surface area contributed by atoms with Crippen molar-refractivity contribution in [3.63, 3.8) is 0 Å². The van der Waals surface area contributed by atoms with Gasteiger partial charge in [-0.05, 0) is 57.2 Å². The van der Waals surface area contributed by atoms with Crippen molar-refractivity contribution in [1.29, 1.82) is 0 Å². The van der Waals surface area contributed by atoms with E-state index in [1.165, 1.54) is 12.8 Å². The van der Waals surface area contributed by atoms with E-state index in [0.29, 0.717) is 29.7 Å². The zero-order chi connectivity index (χ0) is 31.0. The van der Waals surface area contributed by atoms with Crippen LogP contribution in [0.3, 0.4) is 0 Å². The number of ether oxygens (including phenoxy) is 2. The third kappa shape index (κ3) is 7.84. The number of aliphatic imine (C=N–C) groups is 2. The molecule has 0 amide bonds. The lowest BCUT2D eigenvalue weighted by molar-refractivity contribution is -0.00138. The van der Waals surface area contributed by atoms with Crippen LogP contribution >= 0.6 is 0 Å². The standard InChI is InChI=1S/C36H47N3O4/c1-7-9-12-28(8-2)21-42-22-29(40)23-43-33-14-11-10-13-32(33)36(31-18-16-25(4)20-27(31)6)38-34(37-35(41)39-36)30-17-15-24(3)19-26(30)5/h10-11,13-20,28-29,40H,7-9,12,21-23H2,1-6H3,(H2,37,38,39,41). The predicted molar refractivity (Wildman–Crippen MR) is 174 cm³/mol. The highest BCUT2D eigenvalue weighted by molar-refractivity contribution is 6.07. The number of hydrogen-bond acceptors (Lipinski definition) is 6. The third-order valence-corrected chi connectivity index (χ3v) is 8.09. The molecule has 0 aliphatic carbocycles. The van der Waals surface area contributed by atoms with Gasteiger partial charge in [0, 0.05) is 23.3 Å². The van der Waals surface area contributed by atoms with Crippen molar-refractivity contribution in [1.82, 2.24) is 5.32 Å². The Labute approximate surface area is 256 Å². The monoisotopic (exact) mass is 585 g/mol. The number of aliphatic hydroxyl groups is 2. The largest absolute Gasteiger partial charge is 0.490 e. The van der Waals surface area contributed by atoms with Crippen LogP contribution in [0.15, 0.2) is 70.6 Å². The molecule has 0 spiro atoms. The molecule has 0 radical (unpaired) electrons. The summed E-state index contributed by atoms with van der Waals surface area (Å²) in [5.41, 5.74) is 5.43. The van der Waals surface area contributed by atoms with E-state index in [0.717, 1.165) is 46.2 Å². The molecular weight excluding hydrogens is 538 g/mol. The van der Waals surface area contributed by atoms with Crippen molar-refractivity contribution in [3.8, 4) is 5.75 Å². The minimum Gasteiger partial charge on any atom is -0.490 e. The van der Waals surface area contributed by atoms with Gasteiger partial charge in [-0.2, -0.15) is 4.99 Å². The molecule has 0 fully saturated rings. The second-order valence-electron chi connectivity index (χ2n) is 11.8.